The minimum absolute atomic E-state index is 0.649. The van der Waals surface area contributed by atoms with Crippen molar-refractivity contribution in [2.24, 2.45) is 0 Å². The fraction of sp³-hybridized carbons (Fsp3) is 0.0833. The van der Waals surface area contributed by atoms with Gasteiger partial charge in [-0.3, -0.25) is 0 Å². The van der Waals surface area contributed by atoms with Gasteiger partial charge in [0.15, 0.2) is 0 Å². The van der Waals surface area contributed by atoms with E-state index in [-0.39, 0.29) is 0 Å². The normalized spacial score (nSPS) is 10.5. The van der Waals surface area contributed by atoms with Crippen LogP contribution in [0.1, 0.15) is 5.56 Å². The molecule has 0 aliphatic heterocycles. The van der Waals surface area contributed by atoms with E-state index in [4.69, 9.17) is 23.2 Å². The van der Waals surface area contributed by atoms with Crippen LogP contribution < -0.4 is 0 Å². The number of thioether (sulfide) groups is 1. The Bertz CT molecular complexity index is 516. The van der Waals surface area contributed by atoms with E-state index in [1.54, 1.807) is 18.0 Å². The monoisotopic (exact) mass is 347 g/mol. The zero-order valence-electron chi connectivity index (χ0n) is 8.66. The number of aromatic nitrogens is 1. The molecule has 0 fully saturated rings. The fourth-order valence-corrected chi connectivity index (χ4v) is 3.02. The van der Waals surface area contributed by atoms with Gasteiger partial charge < -0.3 is 0 Å². The number of halogens is 3. The summed E-state index contributed by atoms with van der Waals surface area (Å²) in [4.78, 5) is 4.22. The quantitative estimate of drug-likeness (QED) is 0.684. The maximum atomic E-state index is 6.14. The molecule has 0 aliphatic carbocycles. The van der Waals surface area contributed by atoms with E-state index in [0.717, 1.165) is 25.8 Å². The zero-order chi connectivity index (χ0) is 12.3. The van der Waals surface area contributed by atoms with E-state index < -0.39 is 0 Å². The summed E-state index contributed by atoms with van der Waals surface area (Å²) in [5.41, 5.74) is 1.09. The zero-order valence-corrected chi connectivity index (χ0v) is 12.6. The molecule has 0 spiro atoms. The molecule has 5 heteroatoms. The Morgan fingerprint density at radius 1 is 1.18 bits per heavy atom. The second-order valence-electron chi connectivity index (χ2n) is 3.34. The summed E-state index contributed by atoms with van der Waals surface area (Å²) in [6.07, 6.45) is 1.65. The summed E-state index contributed by atoms with van der Waals surface area (Å²) < 4.78 is 0.987. The van der Waals surface area contributed by atoms with Crippen molar-refractivity contribution in [1.29, 1.82) is 0 Å². The van der Waals surface area contributed by atoms with Crippen LogP contribution in [0.15, 0.2) is 46.0 Å². The van der Waals surface area contributed by atoms with E-state index in [2.05, 4.69) is 20.9 Å². The van der Waals surface area contributed by atoms with Gasteiger partial charge in [-0.25, -0.2) is 4.98 Å². The molecule has 0 atom stereocenters. The molecule has 0 radical (unpaired) electrons. The number of nitrogens with zero attached hydrogens (tertiary/aromatic N) is 1. The van der Waals surface area contributed by atoms with Crippen molar-refractivity contribution < 1.29 is 0 Å². The topological polar surface area (TPSA) is 12.9 Å². The van der Waals surface area contributed by atoms with Crippen LogP contribution in [-0.2, 0) is 5.75 Å². The van der Waals surface area contributed by atoms with Crippen molar-refractivity contribution >= 4 is 50.9 Å². The molecule has 1 heterocycles. The molecule has 0 N–H and O–H groups in total. The molecule has 17 heavy (non-hydrogen) atoms. The highest BCUT2D eigenvalue weighted by Crippen LogP contribution is 2.28. The van der Waals surface area contributed by atoms with Crippen LogP contribution >= 0.6 is 50.9 Å². The Hall–Kier alpha value is -0.220. The van der Waals surface area contributed by atoms with E-state index in [1.165, 1.54) is 0 Å². The van der Waals surface area contributed by atoms with Gasteiger partial charge in [-0.2, -0.15) is 0 Å². The largest absolute Gasteiger partial charge is 0.248 e. The molecule has 88 valence electrons. The summed E-state index contributed by atoms with van der Waals surface area (Å²) >= 11 is 16.9. The number of pyridine rings is 1. The van der Waals surface area contributed by atoms with Crippen molar-refractivity contribution in [3.8, 4) is 0 Å². The van der Waals surface area contributed by atoms with Crippen molar-refractivity contribution in [2.45, 2.75) is 10.8 Å². The second kappa shape index (κ2) is 6.10. The molecule has 1 aromatic carbocycles. The Morgan fingerprint density at radius 3 is 2.65 bits per heavy atom. The summed E-state index contributed by atoms with van der Waals surface area (Å²) in [7, 11) is 0. The molecule has 1 aromatic heterocycles. The predicted molar refractivity (Wildman–Crippen MR) is 78.0 cm³/mol. The Labute approximate surface area is 123 Å². The van der Waals surface area contributed by atoms with Crippen LogP contribution in [0.4, 0.5) is 0 Å². The van der Waals surface area contributed by atoms with Gasteiger partial charge in [-0.05, 0) is 29.8 Å². The summed E-state index contributed by atoms with van der Waals surface area (Å²) in [6.45, 7) is 0. The van der Waals surface area contributed by atoms with E-state index >= 15 is 0 Å². The minimum Gasteiger partial charge on any atom is -0.248 e. The first-order valence-corrected chi connectivity index (χ1v) is 7.37. The second-order valence-corrected chi connectivity index (χ2v) is 6.09. The molecule has 1 nitrogen and oxygen atoms in total. The maximum absolute atomic E-state index is 6.14. The van der Waals surface area contributed by atoms with Crippen LogP contribution in [-0.4, -0.2) is 4.98 Å². The first kappa shape index (κ1) is 13.2. The van der Waals surface area contributed by atoms with E-state index in [0.29, 0.717) is 5.02 Å². The van der Waals surface area contributed by atoms with Crippen molar-refractivity contribution in [1.82, 2.24) is 4.98 Å². The lowest BCUT2D eigenvalue weighted by molar-refractivity contribution is 1.13. The van der Waals surface area contributed by atoms with Crippen LogP contribution in [0, 0.1) is 0 Å². The highest BCUT2D eigenvalue weighted by atomic mass is 79.9. The number of hydrogen-bond acceptors (Lipinski definition) is 2. The van der Waals surface area contributed by atoms with Gasteiger partial charge in [0.05, 0.1) is 10.0 Å². The SMILES string of the molecule is Clc1ccc(SCc2ccc(Br)cc2Cl)nc1. The van der Waals surface area contributed by atoms with Crippen LogP contribution in [0.3, 0.4) is 0 Å². The highest BCUT2D eigenvalue weighted by molar-refractivity contribution is 9.10. The first-order chi connectivity index (χ1) is 8.15. The Morgan fingerprint density at radius 2 is 2.00 bits per heavy atom. The lowest BCUT2D eigenvalue weighted by Crippen LogP contribution is -1.84. The van der Waals surface area contributed by atoms with Crippen molar-refractivity contribution in [3.63, 3.8) is 0 Å². The van der Waals surface area contributed by atoms with Crippen molar-refractivity contribution in [2.75, 3.05) is 0 Å². The van der Waals surface area contributed by atoms with E-state index in [9.17, 15) is 0 Å². The molecule has 0 aliphatic rings. The lowest BCUT2D eigenvalue weighted by Gasteiger charge is -2.04. The van der Waals surface area contributed by atoms with E-state index in [1.807, 2.05) is 30.3 Å². The number of benzene rings is 1. The maximum Gasteiger partial charge on any atom is 0.0964 e. The van der Waals surface area contributed by atoms with Crippen LogP contribution in [0.2, 0.25) is 10.0 Å². The Balaban J connectivity index is 2.04. The van der Waals surface area contributed by atoms with Gasteiger partial charge in [-0.1, -0.05) is 45.2 Å². The van der Waals surface area contributed by atoms with Gasteiger partial charge in [0.1, 0.15) is 0 Å². The lowest BCUT2D eigenvalue weighted by atomic mass is 10.2. The summed E-state index contributed by atoms with van der Waals surface area (Å²) in [5, 5.41) is 2.35. The van der Waals surface area contributed by atoms with Crippen LogP contribution in [0.5, 0.6) is 0 Å². The third kappa shape index (κ3) is 3.88. The smallest absolute Gasteiger partial charge is 0.0964 e. The summed E-state index contributed by atoms with van der Waals surface area (Å²) in [5.74, 6) is 0.792. The van der Waals surface area contributed by atoms with Gasteiger partial charge in [0.2, 0.25) is 0 Å². The Kier molecular flexibility index (Phi) is 4.74. The van der Waals surface area contributed by atoms with Gasteiger partial charge in [-0.15, -0.1) is 11.8 Å². The third-order valence-electron chi connectivity index (χ3n) is 2.09. The average molecular weight is 349 g/mol. The molecule has 0 amide bonds. The molecule has 0 bridgehead atoms. The number of rotatable bonds is 3. The van der Waals surface area contributed by atoms with Gasteiger partial charge in [0, 0.05) is 21.4 Å². The van der Waals surface area contributed by atoms with Crippen LogP contribution in [0.25, 0.3) is 0 Å². The molecule has 0 saturated carbocycles. The minimum atomic E-state index is 0.649. The molecular weight excluding hydrogens is 341 g/mol. The van der Waals surface area contributed by atoms with Gasteiger partial charge in [0.25, 0.3) is 0 Å². The fourth-order valence-electron chi connectivity index (χ4n) is 1.24. The van der Waals surface area contributed by atoms with Crippen molar-refractivity contribution in [3.05, 3.63) is 56.6 Å². The molecule has 0 saturated heterocycles. The van der Waals surface area contributed by atoms with Gasteiger partial charge >= 0.3 is 0 Å². The summed E-state index contributed by atoms with van der Waals surface area (Å²) in [6, 6.07) is 9.62. The highest BCUT2D eigenvalue weighted by Gasteiger charge is 2.03. The third-order valence-corrected chi connectivity index (χ3v) is 4.15. The molecular formula is C12H8BrCl2NS. The first-order valence-electron chi connectivity index (χ1n) is 4.83. The predicted octanol–water partition coefficient (Wildman–Crippen LogP) is 5.44. The standard InChI is InChI=1S/C12H8BrCl2NS/c13-9-2-1-8(11(15)5-9)7-17-12-4-3-10(14)6-16-12/h1-6H,7H2. The molecule has 2 rings (SSSR count). The average Bonchev–Trinajstić information content (AvgIpc) is 2.30. The number of hydrogen-bond donors (Lipinski definition) is 0. The molecule has 0 unspecified atom stereocenters. The molecule has 2 aromatic rings.